The van der Waals surface area contributed by atoms with Gasteiger partial charge in [0, 0.05) is 17.7 Å². The molecule has 3 aromatic carbocycles. The molecule has 1 heterocycles. The van der Waals surface area contributed by atoms with Crippen LogP contribution in [-0.2, 0) is 6.54 Å². The summed E-state index contributed by atoms with van der Waals surface area (Å²) in [7, 11) is 0. The fourth-order valence-corrected chi connectivity index (χ4v) is 4.43. The third kappa shape index (κ3) is 5.12. The predicted octanol–water partition coefficient (Wildman–Crippen LogP) is 7.21. The van der Waals surface area contributed by atoms with E-state index in [4.69, 9.17) is 4.98 Å². The molecule has 1 amide bonds. The number of carbonyl (C=O) groups is 1. The number of unbranched alkanes of at least 4 members (excludes halogenated alkanes) is 1. The lowest BCUT2D eigenvalue weighted by atomic mass is 10.0. The van der Waals surface area contributed by atoms with Gasteiger partial charge in [-0.3, -0.25) is 4.79 Å². The number of hydrogen-bond donors (Lipinski definition) is 1. The molecule has 4 nitrogen and oxygen atoms in total. The first-order valence-electron chi connectivity index (χ1n) is 12.2. The first-order chi connectivity index (χ1) is 16.6. The molecule has 0 spiro atoms. The topological polar surface area (TPSA) is 46.9 Å². The van der Waals surface area contributed by atoms with Gasteiger partial charge in [0.05, 0.1) is 6.04 Å². The lowest BCUT2D eigenvalue weighted by molar-refractivity contribution is 0.0925. The minimum atomic E-state index is -0.0852. The number of aromatic nitrogens is 2. The fourth-order valence-electron chi connectivity index (χ4n) is 4.43. The Kier molecular flexibility index (Phi) is 7.58. The van der Waals surface area contributed by atoms with Crippen LogP contribution in [0.4, 0.5) is 0 Å². The van der Waals surface area contributed by atoms with Crippen LogP contribution >= 0.6 is 0 Å². The number of aryl methyl sites for hydroxylation is 1. The standard InChI is InChI=1S/C30H33N3O/c1-4-6-20-26(23-15-9-7-10-16-23)31-30(34)28-27(25-19-13-14-22(3)21-25)32-29(33(28)5-2)24-17-11-8-12-18-24/h7-19,21,26H,4-6,20H2,1-3H3,(H,31,34). The fraction of sp³-hybridized carbons (Fsp3) is 0.267. The zero-order valence-electron chi connectivity index (χ0n) is 20.3. The van der Waals surface area contributed by atoms with E-state index < -0.39 is 0 Å². The van der Waals surface area contributed by atoms with Crippen LogP contribution in [0.1, 0.15) is 60.8 Å². The van der Waals surface area contributed by atoms with Crippen LogP contribution in [0.2, 0.25) is 0 Å². The second-order valence-corrected chi connectivity index (χ2v) is 8.69. The Morgan fingerprint density at radius 3 is 2.24 bits per heavy atom. The molecular formula is C30H33N3O. The van der Waals surface area contributed by atoms with Crippen LogP contribution in [0.3, 0.4) is 0 Å². The molecule has 0 fully saturated rings. The van der Waals surface area contributed by atoms with Gasteiger partial charge in [0.15, 0.2) is 0 Å². The molecule has 0 aliphatic heterocycles. The first-order valence-corrected chi connectivity index (χ1v) is 12.2. The molecule has 1 aromatic heterocycles. The lowest BCUT2D eigenvalue weighted by Gasteiger charge is -2.20. The SMILES string of the molecule is CCCCC(NC(=O)c1c(-c2cccc(C)c2)nc(-c2ccccc2)n1CC)c1ccccc1. The van der Waals surface area contributed by atoms with Crippen LogP contribution in [0.15, 0.2) is 84.9 Å². The van der Waals surface area contributed by atoms with Crippen LogP contribution in [0.5, 0.6) is 0 Å². The highest BCUT2D eigenvalue weighted by atomic mass is 16.2. The molecule has 1 atom stereocenters. The second-order valence-electron chi connectivity index (χ2n) is 8.69. The number of benzene rings is 3. The van der Waals surface area contributed by atoms with Crippen molar-refractivity contribution in [3.05, 3.63) is 102 Å². The van der Waals surface area contributed by atoms with Crippen molar-refractivity contribution in [3.8, 4) is 22.6 Å². The van der Waals surface area contributed by atoms with Gasteiger partial charge < -0.3 is 9.88 Å². The van der Waals surface area contributed by atoms with Gasteiger partial charge in [-0.05, 0) is 31.9 Å². The highest BCUT2D eigenvalue weighted by Crippen LogP contribution is 2.31. The molecule has 0 saturated heterocycles. The summed E-state index contributed by atoms with van der Waals surface area (Å²) in [6.07, 6.45) is 3.03. The Balaban J connectivity index is 1.81. The van der Waals surface area contributed by atoms with Crippen molar-refractivity contribution in [2.75, 3.05) is 0 Å². The Hall–Kier alpha value is -3.66. The summed E-state index contributed by atoms with van der Waals surface area (Å²) in [5.41, 5.74) is 5.57. The van der Waals surface area contributed by atoms with Crippen molar-refractivity contribution < 1.29 is 4.79 Å². The molecule has 0 aliphatic carbocycles. The summed E-state index contributed by atoms with van der Waals surface area (Å²) in [6, 6.07) is 28.5. The van der Waals surface area contributed by atoms with Crippen LogP contribution in [0.25, 0.3) is 22.6 Å². The van der Waals surface area contributed by atoms with E-state index in [0.717, 1.165) is 53.0 Å². The second kappa shape index (κ2) is 11.0. The molecule has 4 aromatic rings. The van der Waals surface area contributed by atoms with Gasteiger partial charge in [0.1, 0.15) is 17.2 Å². The van der Waals surface area contributed by atoms with Gasteiger partial charge in [0.25, 0.3) is 5.91 Å². The molecule has 0 radical (unpaired) electrons. The summed E-state index contributed by atoms with van der Waals surface area (Å²) in [4.78, 5) is 19.0. The summed E-state index contributed by atoms with van der Waals surface area (Å²) in [6.45, 7) is 6.96. The quantitative estimate of drug-likeness (QED) is 0.292. The molecule has 0 aliphatic rings. The van der Waals surface area contributed by atoms with E-state index in [0.29, 0.717) is 12.2 Å². The minimum Gasteiger partial charge on any atom is -0.344 e. The maximum atomic E-state index is 13.9. The first kappa shape index (κ1) is 23.5. The maximum Gasteiger partial charge on any atom is 0.270 e. The molecule has 1 unspecified atom stereocenters. The van der Waals surface area contributed by atoms with Gasteiger partial charge in [-0.1, -0.05) is 104 Å². The van der Waals surface area contributed by atoms with Gasteiger partial charge in [-0.2, -0.15) is 0 Å². The highest BCUT2D eigenvalue weighted by molar-refractivity contribution is 5.99. The summed E-state index contributed by atoms with van der Waals surface area (Å²) in [5.74, 6) is 0.729. The molecule has 4 heteroatoms. The van der Waals surface area contributed by atoms with E-state index in [9.17, 15) is 4.79 Å². The van der Waals surface area contributed by atoms with Crippen molar-refractivity contribution >= 4 is 5.91 Å². The third-order valence-corrected chi connectivity index (χ3v) is 6.18. The number of carbonyl (C=O) groups excluding carboxylic acids is 1. The normalized spacial score (nSPS) is 11.9. The van der Waals surface area contributed by atoms with Crippen molar-refractivity contribution in [3.63, 3.8) is 0 Å². The number of rotatable bonds is 9. The maximum absolute atomic E-state index is 13.9. The van der Waals surface area contributed by atoms with Gasteiger partial charge in [-0.15, -0.1) is 0 Å². The summed E-state index contributed by atoms with van der Waals surface area (Å²) < 4.78 is 2.05. The Morgan fingerprint density at radius 2 is 1.59 bits per heavy atom. The highest BCUT2D eigenvalue weighted by Gasteiger charge is 2.26. The van der Waals surface area contributed by atoms with Gasteiger partial charge in [0.2, 0.25) is 0 Å². The number of nitrogens with one attached hydrogen (secondary N) is 1. The summed E-state index contributed by atoms with van der Waals surface area (Å²) >= 11 is 0. The van der Waals surface area contributed by atoms with E-state index in [2.05, 4.69) is 50.4 Å². The summed E-state index contributed by atoms with van der Waals surface area (Å²) in [5, 5.41) is 3.35. The predicted molar refractivity (Wildman–Crippen MR) is 140 cm³/mol. The van der Waals surface area contributed by atoms with Crippen molar-refractivity contribution in [1.29, 1.82) is 0 Å². The molecule has 174 valence electrons. The molecular weight excluding hydrogens is 418 g/mol. The molecule has 0 bridgehead atoms. The average molecular weight is 452 g/mol. The Morgan fingerprint density at radius 1 is 0.912 bits per heavy atom. The minimum absolute atomic E-state index is 0.0422. The molecule has 0 saturated carbocycles. The van der Waals surface area contributed by atoms with Crippen molar-refractivity contribution in [2.45, 2.75) is 52.6 Å². The number of amides is 1. The Labute approximate surface area is 202 Å². The monoisotopic (exact) mass is 451 g/mol. The largest absolute Gasteiger partial charge is 0.344 e. The van der Waals surface area contributed by atoms with Crippen LogP contribution in [-0.4, -0.2) is 15.5 Å². The number of nitrogens with zero attached hydrogens (tertiary/aromatic N) is 2. The van der Waals surface area contributed by atoms with E-state index >= 15 is 0 Å². The van der Waals surface area contributed by atoms with Gasteiger partial charge >= 0.3 is 0 Å². The molecule has 34 heavy (non-hydrogen) atoms. The van der Waals surface area contributed by atoms with Crippen LogP contribution < -0.4 is 5.32 Å². The zero-order valence-corrected chi connectivity index (χ0v) is 20.3. The number of hydrogen-bond acceptors (Lipinski definition) is 2. The van der Waals surface area contributed by atoms with Crippen molar-refractivity contribution in [1.82, 2.24) is 14.9 Å². The Bertz CT molecular complexity index is 1230. The average Bonchev–Trinajstić information content (AvgIpc) is 3.27. The molecule has 1 N–H and O–H groups in total. The van der Waals surface area contributed by atoms with E-state index in [1.807, 2.05) is 65.2 Å². The van der Waals surface area contributed by atoms with Gasteiger partial charge in [-0.25, -0.2) is 4.98 Å². The van der Waals surface area contributed by atoms with E-state index in [1.165, 1.54) is 0 Å². The number of imidazole rings is 1. The zero-order chi connectivity index (χ0) is 23.9. The van der Waals surface area contributed by atoms with Crippen molar-refractivity contribution in [2.24, 2.45) is 0 Å². The lowest BCUT2D eigenvalue weighted by Crippen LogP contribution is -2.31. The van der Waals surface area contributed by atoms with E-state index in [1.54, 1.807) is 0 Å². The van der Waals surface area contributed by atoms with Crippen LogP contribution in [0, 0.1) is 6.92 Å². The molecule has 4 rings (SSSR count). The third-order valence-electron chi connectivity index (χ3n) is 6.18. The van der Waals surface area contributed by atoms with E-state index in [-0.39, 0.29) is 11.9 Å². The smallest absolute Gasteiger partial charge is 0.270 e.